The maximum Gasteiger partial charge on any atom is 0.223 e. The molecular weight excluding hydrogens is 388 g/mol. The van der Waals surface area contributed by atoms with Crippen LogP contribution in [0, 0.1) is 0 Å². The van der Waals surface area contributed by atoms with Gasteiger partial charge in [0.2, 0.25) is 5.43 Å². The zero-order valence-electron chi connectivity index (χ0n) is 18.8. The molecule has 1 N–H and O–H groups in total. The molecule has 1 aromatic heterocycles. The van der Waals surface area contributed by atoms with Gasteiger partial charge >= 0.3 is 0 Å². The molecule has 3 heterocycles. The van der Waals surface area contributed by atoms with Gasteiger partial charge in [0.1, 0.15) is 0 Å². The van der Waals surface area contributed by atoms with Crippen molar-refractivity contribution in [2.24, 2.45) is 7.05 Å². The molecule has 6 nitrogen and oxygen atoms in total. The lowest BCUT2D eigenvalue weighted by Crippen LogP contribution is -2.45. The normalized spacial score (nSPS) is 19.4. The Balaban J connectivity index is 1.40. The summed E-state index contributed by atoms with van der Waals surface area (Å²) < 4.78 is 2.05. The number of aromatic hydroxyl groups is 1. The van der Waals surface area contributed by atoms with E-state index in [9.17, 15) is 9.90 Å². The molecule has 4 rings (SSSR count). The Bertz CT molecular complexity index is 896. The van der Waals surface area contributed by atoms with E-state index in [1.165, 1.54) is 31.2 Å². The maximum atomic E-state index is 12.5. The van der Waals surface area contributed by atoms with E-state index in [0.29, 0.717) is 6.54 Å². The molecule has 0 amide bonds. The first kappa shape index (κ1) is 22.1. The van der Waals surface area contributed by atoms with Crippen LogP contribution < -0.4 is 5.43 Å². The van der Waals surface area contributed by atoms with E-state index in [-0.39, 0.29) is 11.2 Å². The highest BCUT2D eigenvalue weighted by atomic mass is 16.3. The van der Waals surface area contributed by atoms with Crippen molar-refractivity contribution in [3.05, 3.63) is 63.6 Å². The Morgan fingerprint density at radius 2 is 1.35 bits per heavy atom. The van der Waals surface area contributed by atoms with Crippen molar-refractivity contribution in [3.8, 4) is 5.75 Å². The molecule has 2 aromatic rings. The smallest absolute Gasteiger partial charge is 0.223 e. The van der Waals surface area contributed by atoms with Crippen LogP contribution >= 0.6 is 0 Å². The molecule has 2 saturated heterocycles. The molecular formula is C25H36N4O2. The highest BCUT2D eigenvalue weighted by Crippen LogP contribution is 2.20. The summed E-state index contributed by atoms with van der Waals surface area (Å²) in [7, 11) is 1.99. The summed E-state index contributed by atoms with van der Waals surface area (Å²) in [4.78, 5) is 19.8. The second kappa shape index (κ2) is 10.4. The van der Waals surface area contributed by atoms with Crippen LogP contribution in [0.15, 0.2) is 41.2 Å². The van der Waals surface area contributed by atoms with Crippen LogP contribution in [0.25, 0.3) is 0 Å². The van der Waals surface area contributed by atoms with Gasteiger partial charge in [0.25, 0.3) is 0 Å². The summed E-state index contributed by atoms with van der Waals surface area (Å²) in [6.07, 6.45) is 5.05. The van der Waals surface area contributed by atoms with Crippen LogP contribution in [-0.2, 0) is 26.7 Å². The molecule has 0 aliphatic carbocycles. The number of benzene rings is 1. The molecule has 0 unspecified atom stereocenters. The first-order valence-corrected chi connectivity index (χ1v) is 11.7. The van der Waals surface area contributed by atoms with Crippen LogP contribution in [-0.4, -0.2) is 63.6 Å². The second-order valence-corrected chi connectivity index (χ2v) is 9.08. The van der Waals surface area contributed by atoms with Crippen molar-refractivity contribution in [1.82, 2.24) is 19.3 Å². The summed E-state index contributed by atoms with van der Waals surface area (Å²) in [5.41, 5.74) is 2.84. The van der Waals surface area contributed by atoms with E-state index >= 15 is 0 Å². The van der Waals surface area contributed by atoms with Crippen molar-refractivity contribution in [2.45, 2.75) is 45.3 Å². The number of piperazine rings is 1. The van der Waals surface area contributed by atoms with Crippen molar-refractivity contribution >= 4 is 0 Å². The number of aromatic nitrogens is 1. The summed E-state index contributed by atoms with van der Waals surface area (Å²) >= 11 is 0. The number of hydrogen-bond acceptors (Lipinski definition) is 5. The Kier molecular flexibility index (Phi) is 7.43. The SMILES string of the molecule is Cn1c(CN2CCCCCC2)cc(=O)c(O)c1CN1CCN(Cc2ccccc2)CC1. The molecule has 2 aliphatic heterocycles. The Morgan fingerprint density at radius 3 is 2.00 bits per heavy atom. The average Bonchev–Trinajstić information content (AvgIpc) is 3.06. The first-order chi connectivity index (χ1) is 15.1. The van der Waals surface area contributed by atoms with Crippen molar-refractivity contribution < 1.29 is 5.11 Å². The summed E-state index contributed by atoms with van der Waals surface area (Å²) in [6, 6.07) is 12.2. The van der Waals surface area contributed by atoms with Gasteiger partial charge in [-0.2, -0.15) is 0 Å². The van der Waals surface area contributed by atoms with E-state index in [4.69, 9.17) is 0 Å². The summed E-state index contributed by atoms with van der Waals surface area (Å²) in [5.74, 6) is -0.0890. The van der Waals surface area contributed by atoms with E-state index in [1.54, 1.807) is 6.07 Å². The van der Waals surface area contributed by atoms with Crippen LogP contribution in [0.1, 0.15) is 42.6 Å². The molecule has 1 aromatic carbocycles. The highest BCUT2D eigenvalue weighted by molar-refractivity contribution is 5.30. The minimum atomic E-state index is -0.249. The molecule has 0 spiro atoms. The molecule has 31 heavy (non-hydrogen) atoms. The zero-order chi connectivity index (χ0) is 21.6. The van der Waals surface area contributed by atoms with Crippen LogP contribution in [0.5, 0.6) is 5.75 Å². The van der Waals surface area contributed by atoms with Gasteiger partial charge in [-0.1, -0.05) is 43.2 Å². The third-order valence-corrected chi connectivity index (χ3v) is 6.81. The number of nitrogens with zero attached hydrogens (tertiary/aromatic N) is 4. The number of hydrogen-bond donors (Lipinski definition) is 1. The van der Waals surface area contributed by atoms with Crippen LogP contribution in [0.4, 0.5) is 0 Å². The lowest BCUT2D eigenvalue weighted by molar-refractivity contribution is 0.119. The maximum absolute atomic E-state index is 12.5. The number of likely N-dealkylation sites (tertiary alicyclic amines) is 1. The molecule has 0 radical (unpaired) electrons. The van der Waals surface area contributed by atoms with Gasteiger partial charge < -0.3 is 9.67 Å². The van der Waals surface area contributed by atoms with Crippen LogP contribution in [0.3, 0.4) is 0 Å². The minimum Gasteiger partial charge on any atom is -0.503 e. The summed E-state index contributed by atoms with van der Waals surface area (Å²) in [6.45, 7) is 8.43. The van der Waals surface area contributed by atoms with E-state index < -0.39 is 0 Å². The average molecular weight is 425 g/mol. The predicted molar refractivity (Wildman–Crippen MR) is 124 cm³/mol. The van der Waals surface area contributed by atoms with E-state index in [1.807, 2.05) is 7.05 Å². The Hall–Kier alpha value is -2.15. The lowest BCUT2D eigenvalue weighted by atomic mass is 10.2. The lowest BCUT2D eigenvalue weighted by Gasteiger charge is -2.35. The van der Waals surface area contributed by atoms with Gasteiger partial charge in [0.05, 0.1) is 5.69 Å². The zero-order valence-corrected chi connectivity index (χ0v) is 18.8. The van der Waals surface area contributed by atoms with Gasteiger partial charge in [-0.25, -0.2) is 0 Å². The Labute approximate surface area is 185 Å². The topological polar surface area (TPSA) is 52.0 Å². The van der Waals surface area contributed by atoms with Gasteiger partial charge in [-0.15, -0.1) is 0 Å². The van der Waals surface area contributed by atoms with E-state index in [2.05, 4.69) is 49.6 Å². The monoisotopic (exact) mass is 424 g/mol. The van der Waals surface area contributed by atoms with Gasteiger partial charge in [0.15, 0.2) is 5.75 Å². The molecule has 2 fully saturated rings. The molecule has 0 bridgehead atoms. The summed E-state index contributed by atoms with van der Waals surface area (Å²) in [5, 5.41) is 10.5. The van der Waals surface area contributed by atoms with Crippen LogP contribution in [0.2, 0.25) is 0 Å². The van der Waals surface area contributed by atoms with Crippen molar-refractivity contribution in [2.75, 3.05) is 39.3 Å². The first-order valence-electron chi connectivity index (χ1n) is 11.7. The standard InChI is InChI=1S/C25H36N4O2/c1-26-22(19-27-11-7-2-3-8-12-27)17-24(30)25(31)23(26)20-29-15-13-28(14-16-29)18-21-9-5-4-6-10-21/h4-6,9-10,17,31H,2-3,7-8,11-16,18-20H2,1H3. The fourth-order valence-corrected chi connectivity index (χ4v) is 4.81. The Morgan fingerprint density at radius 1 is 0.774 bits per heavy atom. The second-order valence-electron chi connectivity index (χ2n) is 9.08. The minimum absolute atomic E-state index is 0.0890. The molecule has 0 atom stereocenters. The molecule has 0 saturated carbocycles. The van der Waals surface area contributed by atoms with Crippen molar-refractivity contribution in [1.29, 1.82) is 0 Å². The van der Waals surface area contributed by atoms with Gasteiger partial charge in [-0.05, 0) is 31.5 Å². The fourth-order valence-electron chi connectivity index (χ4n) is 4.81. The molecule has 6 heteroatoms. The predicted octanol–water partition coefficient (Wildman–Crippen LogP) is 2.78. The molecule has 168 valence electrons. The number of rotatable bonds is 6. The molecule has 2 aliphatic rings. The third kappa shape index (κ3) is 5.76. The fraction of sp³-hybridized carbons (Fsp3) is 0.560. The van der Waals surface area contributed by atoms with E-state index in [0.717, 1.165) is 63.7 Å². The number of pyridine rings is 1. The van der Waals surface area contributed by atoms with Gasteiger partial charge in [0, 0.05) is 64.6 Å². The quantitative estimate of drug-likeness (QED) is 0.773. The van der Waals surface area contributed by atoms with Gasteiger partial charge in [-0.3, -0.25) is 19.5 Å². The third-order valence-electron chi connectivity index (χ3n) is 6.81. The van der Waals surface area contributed by atoms with Crippen molar-refractivity contribution in [3.63, 3.8) is 0 Å². The largest absolute Gasteiger partial charge is 0.503 e. The highest BCUT2D eigenvalue weighted by Gasteiger charge is 2.21.